The number of nitro benzene ring substituents is 1. The number of non-ortho nitro benzene ring substituents is 1. The third-order valence-electron chi connectivity index (χ3n) is 4.71. The van der Waals surface area contributed by atoms with Crippen molar-refractivity contribution in [3.05, 3.63) is 60.3 Å². The first-order valence-electron chi connectivity index (χ1n) is 8.55. The number of H-pyrrole nitrogens is 2. The second-order valence-corrected chi connectivity index (χ2v) is 6.81. The average molecular weight is 374 g/mol. The predicted octanol–water partition coefficient (Wildman–Crippen LogP) is 1.07. The zero-order valence-electron chi connectivity index (χ0n) is 14.7. The Balaban J connectivity index is 1.81. The van der Waals surface area contributed by atoms with Crippen molar-refractivity contribution in [3.63, 3.8) is 0 Å². The van der Waals surface area contributed by atoms with Crippen molar-refractivity contribution < 1.29 is 14.4 Å². The lowest BCUT2D eigenvalue weighted by atomic mass is 9.96. The SMILES string of the molecule is CC1CN(c2ccc([N+](=O)[O-])cc2C2Oc3[nH]c(=O)[nH]c(=O)c32)CC(C)O1. The fourth-order valence-corrected chi connectivity index (χ4v) is 3.67. The number of rotatable bonds is 3. The fourth-order valence-electron chi connectivity index (χ4n) is 3.67. The first-order valence-corrected chi connectivity index (χ1v) is 8.55. The van der Waals surface area contributed by atoms with Gasteiger partial charge in [-0.05, 0) is 19.9 Å². The van der Waals surface area contributed by atoms with Gasteiger partial charge in [-0.25, -0.2) is 4.79 Å². The lowest BCUT2D eigenvalue weighted by Gasteiger charge is -2.39. The average Bonchev–Trinajstić information content (AvgIpc) is 2.55. The quantitative estimate of drug-likeness (QED) is 0.607. The number of ether oxygens (including phenoxy) is 2. The van der Waals surface area contributed by atoms with Crippen LogP contribution in [0, 0.1) is 10.1 Å². The van der Waals surface area contributed by atoms with Crippen LogP contribution in [0.1, 0.15) is 31.1 Å². The van der Waals surface area contributed by atoms with E-state index in [1.54, 1.807) is 6.07 Å². The molecule has 3 unspecified atom stereocenters. The molecule has 1 aromatic carbocycles. The second kappa shape index (κ2) is 6.23. The Morgan fingerprint density at radius 3 is 2.52 bits per heavy atom. The van der Waals surface area contributed by atoms with Crippen LogP contribution in [0.5, 0.6) is 5.88 Å². The Kier molecular flexibility index (Phi) is 3.99. The number of hydrogen-bond donors (Lipinski definition) is 2. The fraction of sp³-hybridized carbons (Fsp3) is 0.412. The van der Waals surface area contributed by atoms with E-state index in [9.17, 15) is 19.7 Å². The summed E-state index contributed by atoms with van der Waals surface area (Å²) in [5, 5.41) is 11.2. The minimum absolute atomic E-state index is 0.00820. The summed E-state index contributed by atoms with van der Waals surface area (Å²) in [5.74, 6) is 0.0925. The van der Waals surface area contributed by atoms with Crippen molar-refractivity contribution in [3.8, 4) is 5.88 Å². The van der Waals surface area contributed by atoms with E-state index in [2.05, 4.69) is 14.9 Å². The summed E-state index contributed by atoms with van der Waals surface area (Å²) in [7, 11) is 0. The molecule has 3 heterocycles. The van der Waals surface area contributed by atoms with Crippen LogP contribution in [-0.2, 0) is 4.74 Å². The van der Waals surface area contributed by atoms with Gasteiger partial charge in [0.05, 0.1) is 17.1 Å². The van der Waals surface area contributed by atoms with Gasteiger partial charge >= 0.3 is 5.69 Å². The Morgan fingerprint density at radius 1 is 1.19 bits per heavy atom. The highest BCUT2D eigenvalue weighted by Gasteiger charge is 2.38. The number of hydrogen-bond acceptors (Lipinski definition) is 7. The molecule has 3 atom stereocenters. The van der Waals surface area contributed by atoms with Gasteiger partial charge in [0.25, 0.3) is 11.2 Å². The number of aromatic nitrogens is 2. The van der Waals surface area contributed by atoms with E-state index in [-0.39, 0.29) is 29.3 Å². The van der Waals surface area contributed by atoms with E-state index < -0.39 is 22.3 Å². The van der Waals surface area contributed by atoms with Gasteiger partial charge in [0.1, 0.15) is 5.56 Å². The summed E-state index contributed by atoms with van der Waals surface area (Å²) in [5.41, 5.74) is 0.185. The van der Waals surface area contributed by atoms with Crippen LogP contribution in [0.2, 0.25) is 0 Å². The van der Waals surface area contributed by atoms with Crippen LogP contribution >= 0.6 is 0 Å². The third-order valence-corrected chi connectivity index (χ3v) is 4.71. The van der Waals surface area contributed by atoms with Crippen LogP contribution < -0.4 is 20.9 Å². The van der Waals surface area contributed by atoms with Gasteiger partial charge in [0.2, 0.25) is 5.88 Å². The zero-order valence-corrected chi connectivity index (χ0v) is 14.7. The molecular formula is C17H18N4O6. The molecule has 1 saturated heterocycles. The summed E-state index contributed by atoms with van der Waals surface area (Å²) in [4.78, 5) is 41.0. The van der Waals surface area contributed by atoms with Crippen molar-refractivity contribution >= 4 is 11.4 Å². The van der Waals surface area contributed by atoms with Gasteiger partial charge in [-0.3, -0.25) is 24.9 Å². The number of nitrogens with zero attached hydrogens (tertiary/aromatic N) is 2. The molecule has 27 heavy (non-hydrogen) atoms. The van der Waals surface area contributed by atoms with E-state index in [0.29, 0.717) is 18.7 Å². The highest BCUT2D eigenvalue weighted by molar-refractivity contribution is 5.62. The molecule has 0 spiro atoms. The molecule has 10 nitrogen and oxygen atoms in total. The van der Waals surface area contributed by atoms with Gasteiger partial charge < -0.3 is 14.4 Å². The normalized spacial score (nSPS) is 23.9. The summed E-state index contributed by atoms with van der Waals surface area (Å²) in [6.45, 7) is 5.13. The first kappa shape index (κ1) is 17.3. The molecule has 2 aliphatic heterocycles. The number of morpholine rings is 1. The van der Waals surface area contributed by atoms with E-state index in [0.717, 1.165) is 5.69 Å². The zero-order chi connectivity index (χ0) is 19.3. The Morgan fingerprint density at radius 2 is 1.89 bits per heavy atom. The largest absolute Gasteiger partial charge is 0.465 e. The van der Waals surface area contributed by atoms with Crippen LogP contribution in [0.3, 0.4) is 0 Å². The highest BCUT2D eigenvalue weighted by Crippen LogP contribution is 2.43. The van der Waals surface area contributed by atoms with Crippen molar-refractivity contribution in [2.75, 3.05) is 18.0 Å². The Hall–Kier alpha value is -3.14. The molecule has 0 radical (unpaired) electrons. The smallest absolute Gasteiger partial charge is 0.328 e. The maximum absolute atomic E-state index is 12.2. The monoisotopic (exact) mass is 374 g/mol. The standard InChI is InChI=1S/C17H18N4O6/c1-8-6-20(7-9(2)26-8)12-4-3-10(21(24)25)5-11(12)14-13-15(22)18-17(23)19-16(13)27-14/h3-5,8-9,14H,6-7H2,1-2H3,(H2,18,19,22,23). The van der Waals surface area contributed by atoms with Crippen LogP contribution in [0.15, 0.2) is 27.8 Å². The Bertz CT molecular complexity index is 1020. The lowest BCUT2D eigenvalue weighted by molar-refractivity contribution is -0.384. The molecule has 0 bridgehead atoms. The molecular weight excluding hydrogens is 356 g/mol. The molecule has 2 aromatic rings. The predicted molar refractivity (Wildman–Crippen MR) is 95.5 cm³/mol. The molecule has 4 rings (SSSR count). The maximum atomic E-state index is 12.2. The molecule has 0 amide bonds. The summed E-state index contributed by atoms with van der Waals surface area (Å²) in [6, 6.07) is 4.51. The number of nitrogens with one attached hydrogen (secondary N) is 2. The highest BCUT2D eigenvalue weighted by atomic mass is 16.6. The van der Waals surface area contributed by atoms with Gasteiger partial charge in [-0.1, -0.05) is 0 Å². The van der Waals surface area contributed by atoms with E-state index >= 15 is 0 Å². The molecule has 0 aliphatic carbocycles. The lowest BCUT2D eigenvalue weighted by Crippen LogP contribution is -2.46. The summed E-state index contributed by atoms with van der Waals surface area (Å²) in [6.07, 6.45) is -0.804. The molecule has 1 aromatic heterocycles. The van der Waals surface area contributed by atoms with Crippen molar-refractivity contribution in [2.24, 2.45) is 0 Å². The van der Waals surface area contributed by atoms with Crippen LogP contribution in [0.25, 0.3) is 0 Å². The Labute approximate surface area is 152 Å². The molecule has 142 valence electrons. The number of benzene rings is 1. The van der Waals surface area contributed by atoms with E-state index in [4.69, 9.17) is 9.47 Å². The van der Waals surface area contributed by atoms with Gasteiger partial charge in [-0.2, -0.15) is 0 Å². The summed E-state index contributed by atoms with van der Waals surface area (Å²) < 4.78 is 11.3. The van der Waals surface area contributed by atoms with E-state index in [1.807, 2.05) is 13.8 Å². The molecule has 0 saturated carbocycles. The third kappa shape index (κ3) is 2.97. The number of nitro groups is 1. The van der Waals surface area contributed by atoms with Crippen molar-refractivity contribution in [2.45, 2.75) is 32.2 Å². The second-order valence-electron chi connectivity index (χ2n) is 6.81. The van der Waals surface area contributed by atoms with Crippen LogP contribution in [0.4, 0.5) is 11.4 Å². The molecule has 2 N–H and O–H groups in total. The minimum atomic E-state index is -0.788. The van der Waals surface area contributed by atoms with Gasteiger partial charge in [0.15, 0.2) is 6.10 Å². The topological polar surface area (TPSA) is 131 Å². The number of aromatic amines is 2. The van der Waals surface area contributed by atoms with Gasteiger partial charge in [0, 0.05) is 36.5 Å². The minimum Gasteiger partial charge on any atom is -0.465 e. The van der Waals surface area contributed by atoms with Crippen molar-refractivity contribution in [1.29, 1.82) is 0 Å². The molecule has 10 heteroatoms. The number of anilines is 1. The molecule has 1 fully saturated rings. The molecule has 2 aliphatic rings. The van der Waals surface area contributed by atoms with Crippen molar-refractivity contribution in [1.82, 2.24) is 9.97 Å². The van der Waals surface area contributed by atoms with Gasteiger partial charge in [-0.15, -0.1) is 0 Å². The summed E-state index contributed by atoms with van der Waals surface area (Å²) >= 11 is 0. The first-order chi connectivity index (χ1) is 12.8. The van der Waals surface area contributed by atoms with Crippen LogP contribution in [-0.4, -0.2) is 40.2 Å². The number of fused-ring (bicyclic) bond motifs is 1. The maximum Gasteiger partial charge on any atom is 0.328 e. The van der Waals surface area contributed by atoms with E-state index in [1.165, 1.54) is 12.1 Å².